The zero-order chi connectivity index (χ0) is 23.1. The van der Waals surface area contributed by atoms with Gasteiger partial charge in [-0.05, 0) is 30.2 Å². The van der Waals surface area contributed by atoms with Crippen molar-refractivity contribution in [2.75, 3.05) is 6.54 Å². The van der Waals surface area contributed by atoms with Gasteiger partial charge in [0.2, 0.25) is 0 Å². The van der Waals surface area contributed by atoms with Crippen molar-refractivity contribution in [3.8, 4) is 0 Å². The zero-order valence-corrected chi connectivity index (χ0v) is 18.4. The Morgan fingerprint density at radius 1 is 1.09 bits per heavy atom. The van der Waals surface area contributed by atoms with Crippen molar-refractivity contribution in [1.29, 1.82) is 0 Å². The van der Waals surface area contributed by atoms with Crippen LogP contribution in [0.15, 0.2) is 71.9 Å². The third-order valence-electron chi connectivity index (χ3n) is 6.38. The van der Waals surface area contributed by atoms with E-state index in [4.69, 9.17) is 4.74 Å². The summed E-state index contributed by atoms with van der Waals surface area (Å²) >= 11 is 0. The number of imidazole rings is 1. The molecular formula is C25H24N6O3. The Morgan fingerprint density at radius 2 is 2.03 bits per heavy atom. The van der Waals surface area contributed by atoms with Crippen LogP contribution in [0.2, 0.25) is 0 Å². The highest BCUT2D eigenvalue weighted by molar-refractivity contribution is 5.92. The van der Waals surface area contributed by atoms with Crippen LogP contribution < -0.4 is 16.2 Å². The smallest absolute Gasteiger partial charge is 0.270 e. The zero-order valence-electron chi connectivity index (χ0n) is 18.4. The van der Waals surface area contributed by atoms with Crippen LogP contribution in [0, 0.1) is 5.92 Å². The van der Waals surface area contributed by atoms with Gasteiger partial charge in [-0.15, -0.1) is 0 Å². The number of rotatable bonds is 7. The fourth-order valence-corrected chi connectivity index (χ4v) is 4.67. The molecule has 172 valence electrons. The number of carbonyl (C=O) groups excluding carboxylic acids is 1. The van der Waals surface area contributed by atoms with Crippen LogP contribution in [0.4, 0.5) is 0 Å². The molecule has 2 aliphatic rings. The Balaban J connectivity index is 1.08. The van der Waals surface area contributed by atoms with Gasteiger partial charge in [0.05, 0.1) is 24.4 Å². The van der Waals surface area contributed by atoms with E-state index in [1.165, 1.54) is 10.5 Å². The number of hydrogen-bond acceptors (Lipinski definition) is 6. The van der Waals surface area contributed by atoms with E-state index in [0.717, 1.165) is 36.4 Å². The molecule has 0 saturated carbocycles. The van der Waals surface area contributed by atoms with Crippen LogP contribution in [-0.2, 0) is 17.8 Å². The maximum absolute atomic E-state index is 12.6. The Labute approximate surface area is 195 Å². The molecular weight excluding hydrogens is 432 g/mol. The van der Waals surface area contributed by atoms with Crippen LogP contribution in [0.1, 0.15) is 28.2 Å². The summed E-state index contributed by atoms with van der Waals surface area (Å²) < 4.78 is 9.18. The predicted molar refractivity (Wildman–Crippen MR) is 125 cm³/mol. The number of carbonyl (C=O) groups is 1. The highest BCUT2D eigenvalue weighted by Gasteiger charge is 2.36. The van der Waals surface area contributed by atoms with Gasteiger partial charge in [0.15, 0.2) is 0 Å². The van der Waals surface area contributed by atoms with E-state index in [9.17, 15) is 9.59 Å². The average molecular weight is 457 g/mol. The first-order chi connectivity index (χ1) is 16.6. The van der Waals surface area contributed by atoms with Crippen LogP contribution >= 0.6 is 0 Å². The highest BCUT2D eigenvalue weighted by Crippen LogP contribution is 2.33. The third kappa shape index (κ3) is 4.00. The fraction of sp³-hybridized carbons (Fsp3) is 0.280. The number of amides is 1. The molecule has 0 radical (unpaired) electrons. The maximum Gasteiger partial charge on any atom is 0.270 e. The molecule has 4 aromatic rings. The summed E-state index contributed by atoms with van der Waals surface area (Å²) in [6.45, 7) is 1.93. The van der Waals surface area contributed by atoms with Crippen LogP contribution in [0.5, 0.6) is 0 Å². The quantitative estimate of drug-likeness (QED) is 0.411. The Kier molecular flexibility index (Phi) is 5.20. The molecule has 1 fully saturated rings. The number of nitrogens with one attached hydrogen (secondary N) is 2. The number of pyridine rings is 2. The summed E-state index contributed by atoms with van der Waals surface area (Å²) in [6, 6.07) is 10.5. The molecule has 0 aromatic carbocycles. The SMILES string of the molecule is O=C(NCc1cn2cc(CNC[C@H]3C[C@@H]4C=C[C@H]3O4)ccc2n1)c1cc(=O)n2ccccc2n1. The Hall–Kier alpha value is -3.82. The number of ether oxygens (including phenoxy) is 1. The van der Waals surface area contributed by atoms with Gasteiger partial charge >= 0.3 is 0 Å². The lowest BCUT2D eigenvalue weighted by Gasteiger charge is -2.16. The van der Waals surface area contributed by atoms with Gasteiger partial charge in [-0.1, -0.05) is 24.3 Å². The minimum atomic E-state index is -0.412. The number of fused-ring (bicyclic) bond motifs is 4. The molecule has 9 nitrogen and oxygen atoms in total. The van der Waals surface area contributed by atoms with Gasteiger partial charge < -0.3 is 19.8 Å². The molecule has 4 aromatic heterocycles. The molecule has 0 aliphatic carbocycles. The van der Waals surface area contributed by atoms with Gasteiger partial charge in [0.25, 0.3) is 11.5 Å². The van der Waals surface area contributed by atoms with Gasteiger partial charge in [0, 0.05) is 43.7 Å². The standard InChI is InChI=1S/C25H24N6O3/c32-24-10-20(29-23-3-1-2-8-31(23)24)25(33)27-13-18-15-30-14-16(4-7-22(30)28-18)11-26-12-17-9-19-5-6-21(17)34-19/h1-8,10,14-15,17,19,21,26H,9,11-13H2,(H,27,33)/t17-,19+,21-/m1/s1. The molecule has 1 amide bonds. The van der Waals surface area contributed by atoms with E-state index < -0.39 is 5.91 Å². The van der Waals surface area contributed by atoms with Crippen molar-refractivity contribution in [2.24, 2.45) is 5.92 Å². The lowest BCUT2D eigenvalue weighted by molar-refractivity contribution is 0.0945. The summed E-state index contributed by atoms with van der Waals surface area (Å²) in [6.07, 6.45) is 11.6. The predicted octanol–water partition coefficient (Wildman–Crippen LogP) is 1.71. The number of aromatic nitrogens is 4. The Bertz CT molecular complexity index is 1470. The molecule has 2 bridgehead atoms. The van der Waals surface area contributed by atoms with Gasteiger partial charge in [0.1, 0.15) is 17.0 Å². The monoisotopic (exact) mass is 456 g/mol. The van der Waals surface area contributed by atoms with Crippen molar-refractivity contribution >= 4 is 17.2 Å². The molecule has 6 heterocycles. The van der Waals surface area contributed by atoms with E-state index in [1.54, 1.807) is 24.4 Å². The van der Waals surface area contributed by atoms with Gasteiger partial charge in [-0.3, -0.25) is 14.0 Å². The molecule has 1 saturated heterocycles. The summed E-state index contributed by atoms with van der Waals surface area (Å²) in [4.78, 5) is 33.7. The summed E-state index contributed by atoms with van der Waals surface area (Å²) in [7, 11) is 0. The molecule has 2 aliphatic heterocycles. The van der Waals surface area contributed by atoms with E-state index in [2.05, 4.69) is 38.8 Å². The van der Waals surface area contributed by atoms with Gasteiger partial charge in [-0.25, -0.2) is 9.97 Å². The second-order valence-corrected chi connectivity index (χ2v) is 8.78. The maximum atomic E-state index is 12.6. The van der Waals surface area contributed by atoms with Crippen molar-refractivity contribution in [2.45, 2.75) is 31.7 Å². The van der Waals surface area contributed by atoms with E-state index in [1.807, 2.05) is 22.9 Å². The number of nitrogens with zero attached hydrogens (tertiary/aromatic N) is 4. The molecule has 6 rings (SSSR count). The summed E-state index contributed by atoms with van der Waals surface area (Å²) in [5.41, 5.74) is 2.90. The second-order valence-electron chi connectivity index (χ2n) is 8.78. The van der Waals surface area contributed by atoms with E-state index >= 15 is 0 Å². The lowest BCUT2D eigenvalue weighted by Crippen LogP contribution is -2.27. The average Bonchev–Trinajstić information content (AvgIpc) is 3.58. The largest absolute Gasteiger partial charge is 0.367 e. The minimum Gasteiger partial charge on any atom is -0.367 e. The summed E-state index contributed by atoms with van der Waals surface area (Å²) in [5.74, 6) is 0.125. The fourth-order valence-electron chi connectivity index (χ4n) is 4.67. The molecule has 0 spiro atoms. The van der Waals surface area contributed by atoms with Gasteiger partial charge in [-0.2, -0.15) is 0 Å². The molecule has 0 unspecified atom stereocenters. The summed E-state index contributed by atoms with van der Waals surface area (Å²) in [5, 5.41) is 6.34. The van der Waals surface area contributed by atoms with Crippen molar-refractivity contribution in [3.63, 3.8) is 0 Å². The van der Waals surface area contributed by atoms with Crippen LogP contribution in [0.25, 0.3) is 11.3 Å². The highest BCUT2D eigenvalue weighted by atomic mass is 16.5. The van der Waals surface area contributed by atoms with Crippen molar-refractivity contribution in [1.82, 2.24) is 29.4 Å². The first-order valence-electron chi connectivity index (χ1n) is 11.4. The van der Waals surface area contributed by atoms with E-state index in [-0.39, 0.29) is 23.9 Å². The molecule has 9 heteroatoms. The first-order valence-corrected chi connectivity index (χ1v) is 11.4. The second kappa shape index (κ2) is 8.51. The van der Waals surface area contributed by atoms with Crippen LogP contribution in [-0.4, -0.2) is 43.4 Å². The Morgan fingerprint density at radius 3 is 2.88 bits per heavy atom. The molecule has 2 N–H and O–H groups in total. The first kappa shape index (κ1) is 20.8. The normalized spacial score (nSPS) is 21.0. The lowest BCUT2D eigenvalue weighted by atomic mass is 9.94. The number of hydrogen-bond donors (Lipinski definition) is 2. The van der Waals surface area contributed by atoms with Crippen LogP contribution in [0.3, 0.4) is 0 Å². The topological polar surface area (TPSA) is 102 Å². The van der Waals surface area contributed by atoms with E-state index in [0.29, 0.717) is 17.7 Å². The molecule has 3 atom stereocenters. The molecule has 34 heavy (non-hydrogen) atoms. The third-order valence-corrected chi connectivity index (χ3v) is 6.38. The van der Waals surface area contributed by atoms with Crippen molar-refractivity contribution < 1.29 is 9.53 Å². The van der Waals surface area contributed by atoms with Crippen molar-refractivity contribution in [3.05, 3.63) is 94.4 Å². The minimum absolute atomic E-state index is 0.0877.